The van der Waals surface area contributed by atoms with Crippen molar-refractivity contribution >= 4 is 23.1 Å². The maximum atomic E-state index is 12.4. The summed E-state index contributed by atoms with van der Waals surface area (Å²) in [6, 6.07) is 18.6. The zero-order valence-electron chi connectivity index (χ0n) is 17.0. The van der Waals surface area contributed by atoms with Crippen LogP contribution in [0.3, 0.4) is 0 Å². The summed E-state index contributed by atoms with van der Waals surface area (Å²) in [4.78, 5) is 25.3. The average molecular weight is 410 g/mol. The minimum atomic E-state index is -0.201. The Balaban J connectivity index is 1.47. The number of carbonyl (C=O) groups is 1. The molecule has 31 heavy (non-hydrogen) atoms. The summed E-state index contributed by atoms with van der Waals surface area (Å²) in [7, 11) is 0. The Morgan fingerprint density at radius 2 is 1.81 bits per heavy atom. The first-order chi connectivity index (χ1) is 15.1. The molecule has 7 nitrogen and oxygen atoms in total. The molecule has 0 saturated carbocycles. The van der Waals surface area contributed by atoms with Crippen LogP contribution in [0, 0.1) is 0 Å². The highest BCUT2D eigenvalue weighted by Crippen LogP contribution is 2.23. The number of amides is 1. The van der Waals surface area contributed by atoms with E-state index in [1.165, 1.54) is 6.20 Å². The molecule has 2 aromatic heterocycles. The maximum Gasteiger partial charge on any atom is 0.257 e. The van der Waals surface area contributed by atoms with Crippen molar-refractivity contribution in [2.75, 3.05) is 16.4 Å². The highest BCUT2D eigenvalue weighted by molar-refractivity contribution is 6.04. The smallest absolute Gasteiger partial charge is 0.257 e. The summed E-state index contributed by atoms with van der Waals surface area (Å²) in [6.07, 6.45) is 6.58. The van der Waals surface area contributed by atoms with Crippen LogP contribution in [0.5, 0.6) is 0 Å². The van der Waals surface area contributed by atoms with E-state index in [2.05, 4.69) is 25.6 Å². The number of nitrogens with one attached hydrogen (secondary N) is 2. The molecule has 0 fully saturated rings. The number of hydrogen-bond donors (Lipinski definition) is 3. The zero-order chi connectivity index (χ0) is 21.6. The van der Waals surface area contributed by atoms with Crippen LogP contribution in [-0.4, -0.2) is 20.9 Å². The predicted octanol–water partition coefficient (Wildman–Crippen LogP) is 4.55. The fraction of sp³-hybridized carbons (Fsp3) is 0.0833. The lowest BCUT2D eigenvalue weighted by Crippen LogP contribution is -2.13. The maximum absolute atomic E-state index is 12.4. The van der Waals surface area contributed by atoms with Crippen molar-refractivity contribution in [2.24, 2.45) is 0 Å². The summed E-state index contributed by atoms with van der Waals surface area (Å²) >= 11 is 0. The number of carbonyl (C=O) groups excluding carboxylic acids is 1. The van der Waals surface area contributed by atoms with Crippen LogP contribution in [0.1, 0.15) is 28.9 Å². The first-order valence-electron chi connectivity index (χ1n) is 9.84. The Labute approximate surface area is 180 Å². The molecule has 0 aliphatic heterocycles. The van der Waals surface area contributed by atoms with E-state index in [-0.39, 0.29) is 11.9 Å². The lowest BCUT2D eigenvalue weighted by Gasteiger charge is -2.16. The molecule has 0 spiro atoms. The van der Waals surface area contributed by atoms with Gasteiger partial charge in [-0.1, -0.05) is 24.3 Å². The van der Waals surface area contributed by atoms with Gasteiger partial charge in [-0.2, -0.15) is 0 Å². The van der Waals surface area contributed by atoms with Gasteiger partial charge in [-0.25, -0.2) is 4.98 Å². The van der Waals surface area contributed by atoms with Crippen LogP contribution in [0.2, 0.25) is 0 Å². The van der Waals surface area contributed by atoms with Crippen molar-refractivity contribution in [1.29, 1.82) is 0 Å². The van der Waals surface area contributed by atoms with Gasteiger partial charge in [0.1, 0.15) is 5.82 Å². The molecular weight excluding hydrogens is 388 g/mol. The van der Waals surface area contributed by atoms with Crippen molar-refractivity contribution in [3.05, 3.63) is 96.6 Å². The Bertz CT molecular complexity index is 1180. The van der Waals surface area contributed by atoms with Gasteiger partial charge in [0.05, 0.1) is 29.7 Å². The number of nitrogens with two attached hydrogens (primary N) is 1. The van der Waals surface area contributed by atoms with Crippen molar-refractivity contribution in [1.82, 2.24) is 15.0 Å². The SMILES string of the molecule is C[C@H](Nc1cncc(-c2ccc(N)cc2)n1)c1cccc(NC(=O)c2cccnc2)c1. The number of pyridine rings is 1. The molecule has 4 rings (SSSR count). The van der Waals surface area contributed by atoms with E-state index in [0.717, 1.165) is 16.8 Å². The van der Waals surface area contributed by atoms with E-state index < -0.39 is 0 Å². The van der Waals surface area contributed by atoms with Crippen molar-refractivity contribution in [2.45, 2.75) is 13.0 Å². The predicted molar refractivity (Wildman–Crippen MR) is 123 cm³/mol. The molecule has 154 valence electrons. The zero-order valence-corrected chi connectivity index (χ0v) is 17.0. The number of nitrogen functional groups attached to an aromatic ring is 1. The van der Waals surface area contributed by atoms with Crippen molar-refractivity contribution in [3.63, 3.8) is 0 Å². The second-order valence-corrected chi connectivity index (χ2v) is 7.10. The van der Waals surface area contributed by atoms with E-state index in [0.29, 0.717) is 22.8 Å². The minimum absolute atomic E-state index is 0.0498. The molecule has 2 aromatic carbocycles. The molecule has 0 aliphatic carbocycles. The number of anilines is 3. The van der Waals surface area contributed by atoms with Crippen LogP contribution in [0.4, 0.5) is 17.2 Å². The molecule has 0 bridgehead atoms. The Morgan fingerprint density at radius 3 is 2.58 bits per heavy atom. The normalized spacial score (nSPS) is 11.5. The number of hydrogen-bond acceptors (Lipinski definition) is 6. The number of benzene rings is 2. The summed E-state index contributed by atoms with van der Waals surface area (Å²) in [5.74, 6) is 0.458. The van der Waals surface area contributed by atoms with Gasteiger partial charge < -0.3 is 16.4 Å². The van der Waals surface area contributed by atoms with Crippen LogP contribution in [0.15, 0.2) is 85.5 Å². The molecule has 1 amide bonds. The molecule has 0 aliphatic rings. The Kier molecular flexibility index (Phi) is 5.84. The lowest BCUT2D eigenvalue weighted by atomic mass is 10.1. The third-order valence-electron chi connectivity index (χ3n) is 4.77. The summed E-state index contributed by atoms with van der Waals surface area (Å²) in [6.45, 7) is 2.03. The highest BCUT2D eigenvalue weighted by Gasteiger charge is 2.11. The van der Waals surface area contributed by atoms with Gasteiger partial charge in [0.15, 0.2) is 0 Å². The Hall–Kier alpha value is -4.26. The average Bonchev–Trinajstić information content (AvgIpc) is 2.80. The fourth-order valence-electron chi connectivity index (χ4n) is 3.12. The van der Waals surface area contributed by atoms with Gasteiger partial charge in [-0.05, 0) is 48.9 Å². The lowest BCUT2D eigenvalue weighted by molar-refractivity contribution is 0.102. The molecule has 0 saturated heterocycles. The van der Waals surface area contributed by atoms with E-state index >= 15 is 0 Å². The standard InChI is InChI=1S/C24H22N6O/c1-16(28-23-15-27-14-22(30-23)17-7-9-20(25)10-8-17)18-4-2-6-21(12-18)29-24(31)19-5-3-11-26-13-19/h2-16H,25H2,1H3,(H,28,30)(H,29,31)/t16-/m0/s1. The van der Waals surface area contributed by atoms with Crippen LogP contribution in [0.25, 0.3) is 11.3 Å². The Morgan fingerprint density at radius 1 is 0.968 bits per heavy atom. The monoisotopic (exact) mass is 410 g/mol. The molecule has 0 unspecified atom stereocenters. The van der Waals surface area contributed by atoms with Crippen molar-refractivity contribution in [3.8, 4) is 11.3 Å². The second kappa shape index (κ2) is 9.04. The minimum Gasteiger partial charge on any atom is -0.399 e. The molecule has 1 atom stereocenters. The molecule has 2 heterocycles. The van der Waals surface area contributed by atoms with E-state index in [1.807, 2.05) is 55.5 Å². The number of nitrogens with zero attached hydrogens (tertiary/aromatic N) is 3. The van der Waals surface area contributed by atoms with E-state index in [9.17, 15) is 4.79 Å². The molecule has 4 aromatic rings. The van der Waals surface area contributed by atoms with Gasteiger partial charge in [0.2, 0.25) is 0 Å². The number of aromatic nitrogens is 3. The molecule has 0 radical (unpaired) electrons. The molecule has 7 heteroatoms. The quantitative estimate of drug-likeness (QED) is 0.403. The number of rotatable bonds is 6. The molecular formula is C24H22N6O. The van der Waals surface area contributed by atoms with Gasteiger partial charge in [-0.3, -0.25) is 14.8 Å². The van der Waals surface area contributed by atoms with Crippen LogP contribution >= 0.6 is 0 Å². The third kappa shape index (κ3) is 5.02. The topological polar surface area (TPSA) is 106 Å². The summed E-state index contributed by atoms with van der Waals surface area (Å²) in [5.41, 5.74) is 10.4. The van der Waals surface area contributed by atoms with Gasteiger partial charge in [0, 0.05) is 29.3 Å². The van der Waals surface area contributed by atoms with Gasteiger partial charge in [-0.15, -0.1) is 0 Å². The summed E-state index contributed by atoms with van der Waals surface area (Å²) in [5, 5.41) is 6.28. The van der Waals surface area contributed by atoms with E-state index in [4.69, 9.17) is 5.73 Å². The van der Waals surface area contributed by atoms with E-state index in [1.54, 1.807) is 30.7 Å². The van der Waals surface area contributed by atoms with Gasteiger partial charge >= 0.3 is 0 Å². The summed E-state index contributed by atoms with van der Waals surface area (Å²) < 4.78 is 0. The van der Waals surface area contributed by atoms with Crippen LogP contribution < -0.4 is 16.4 Å². The molecule has 4 N–H and O–H groups in total. The largest absolute Gasteiger partial charge is 0.399 e. The second-order valence-electron chi connectivity index (χ2n) is 7.10. The van der Waals surface area contributed by atoms with Gasteiger partial charge in [0.25, 0.3) is 5.91 Å². The third-order valence-corrected chi connectivity index (χ3v) is 4.77. The first kappa shape index (κ1) is 20.0. The fourth-order valence-corrected chi connectivity index (χ4v) is 3.12. The van der Waals surface area contributed by atoms with Crippen LogP contribution in [-0.2, 0) is 0 Å². The van der Waals surface area contributed by atoms with Crippen molar-refractivity contribution < 1.29 is 4.79 Å². The first-order valence-corrected chi connectivity index (χ1v) is 9.84. The highest BCUT2D eigenvalue weighted by atomic mass is 16.1.